The third-order valence-electron chi connectivity index (χ3n) is 2.08. The molecule has 0 aliphatic carbocycles. The second-order valence-corrected chi connectivity index (χ2v) is 2.98. The summed E-state index contributed by atoms with van der Waals surface area (Å²) < 4.78 is 35.9. The molecule has 6 heteroatoms. The van der Waals surface area contributed by atoms with Gasteiger partial charge in [-0.25, -0.2) is 8.78 Å². The molecule has 0 fully saturated rings. The van der Waals surface area contributed by atoms with Gasteiger partial charge < -0.3 is 15.2 Å². The van der Waals surface area contributed by atoms with Crippen LogP contribution in [0.2, 0.25) is 0 Å². The second kappa shape index (κ2) is 4.89. The Morgan fingerprint density at radius 2 is 2.00 bits per heavy atom. The number of rotatable bonds is 3. The highest BCUT2D eigenvalue weighted by Crippen LogP contribution is 2.27. The molecule has 4 nitrogen and oxygen atoms in total. The van der Waals surface area contributed by atoms with Gasteiger partial charge in [-0.1, -0.05) is 0 Å². The molecule has 0 saturated heterocycles. The standard InChI is InChI=1S/C10H11F2NO3/c1-15-6-4-3-5(11)7(8(6)12)9(13)10(14)16-2/h3-4,9H,13H2,1-2H3/t9-/m1/s1. The van der Waals surface area contributed by atoms with Gasteiger partial charge in [0.15, 0.2) is 11.6 Å². The maximum Gasteiger partial charge on any atom is 0.327 e. The minimum atomic E-state index is -1.51. The Bertz CT molecular complexity index is 409. The van der Waals surface area contributed by atoms with E-state index in [1.165, 1.54) is 7.11 Å². The van der Waals surface area contributed by atoms with Crippen molar-refractivity contribution in [2.45, 2.75) is 6.04 Å². The number of nitrogens with two attached hydrogens (primary N) is 1. The van der Waals surface area contributed by atoms with Crippen LogP contribution >= 0.6 is 0 Å². The van der Waals surface area contributed by atoms with Gasteiger partial charge in [0, 0.05) is 0 Å². The van der Waals surface area contributed by atoms with E-state index in [2.05, 4.69) is 9.47 Å². The molecular formula is C10H11F2NO3. The lowest BCUT2D eigenvalue weighted by Gasteiger charge is -2.13. The summed E-state index contributed by atoms with van der Waals surface area (Å²) in [5.41, 5.74) is 4.80. The Kier molecular flexibility index (Phi) is 3.78. The molecule has 0 heterocycles. The topological polar surface area (TPSA) is 61.5 Å². The van der Waals surface area contributed by atoms with E-state index >= 15 is 0 Å². The van der Waals surface area contributed by atoms with Crippen LogP contribution in [0.5, 0.6) is 5.75 Å². The lowest BCUT2D eigenvalue weighted by Crippen LogP contribution is -2.25. The minimum absolute atomic E-state index is 0.184. The van der Waals surface area contributed by atoms with E-state index in [1.807, 2.05) is 0 Å². The van der Waals surface area contributed by atoms with Gasteiger partial charge in [-0.3, -0.25) is 4.79 Å². The van der Waals surface area contributed by atoms with Gasteiger partial charge in [0.1, 0.15) is 11.9 Å². The summed E-state index contributed by atoms with van der Waals surface area (Å²) in [5.74, 6) is -3.03. The summed E-state index contributed by atoms with van der Waals surface area (Å²) in [6.45, 7) is 0. The molecule has 0 aromatic heterocycles. The van der Waals surface area contributed by atoms with Crippen LogP contribution in [0, 0.1) is 11.6 Å². The highest BCUT2D eigenvalue weighted by molar-refractivity contribution is 5.77. The van der Waals surface area contributed by atoms with E-state index in [0.29, 0.717) is 0 Å². The number of methoxy groups -OCH3 is 2. The van der Waals surface area contributed by atoms with Gasteiger partial charge in [0.05, 0.1) is 19.8 Å². The molecule has 0 aliphatic heterocycles. The highest BCUT2D eigenvalue weighted by Gasteiger charge is 2.26. The summed E-state index contributed by atoms with van der Waals surface area (Å²) in [7, 11) is 2.31. The number of halogens is 2. The predicted octanol–water partition coefficient (Wildman–Crippen LogP) is 1.15. The number of benzene rings is 1. The fraction of sp³-hybridized carbons (Fsp3) is 0.300. The molecule has 1 aromatic carbocycles. The first kappa shape index (κ1) is 12.4. The molecule has 1 aromatic rings. The van der Waals surface area contributed by atoms with Crippen LogP contribution in [-0.2, 0) is 9.53 Å². The average molecular weight is 231 g/mol. The first-order valence-corrected chi connectivity index (χ1v) is 4.38. The fourth-order valence-electron chi connectivity index (χ4n) is 1.24. The van der Waals surface area contributed by atoms with Crippen molar-refractivity contribution in [1.82, 2.24) is 0 Å². The number of hydrogen-bond donors (Lipinski definition) is 1. The molecule has 2 N–H and O–H groups in total. The van der Waals surface area contributed by atoms with Gasteiger partial charge >= 0.3 is 5.97 Å². The van der Waals surface area contributed by atoms with Crippen LogP contribution in [0.3, 0.4) is 0 Å². The zero-order chi connectivity index (χ0) is 12.3. The first-order valence-electron chi connectivity index (χ1n) is 4.38. The number of esters is 1. The van der Waals surface area contributed by atoms with E-state index in [4.69, 9.17) is 5.73 Å². The van der Waals surface area contributed by atoms with E-state index in [9.17, 15) is 13.6 Å². The molecule has 0 saturated carbocycles. The molecule has 16 heavy (non-hydrogen) atoms. The molecule has 88 valence electrons. The number of hydrogen-bond acceptors (Lipinski definition) is 4. The molecule has 0 aliphatic rings. The lowest BCUT2D eigenvalue weighted by molar-refractivity contribution is -0.142. The van der Waals surface area contributed by atoms with Gasteiger partial charge in [0.2, 0.25) is 0 Å². The summed E-state index contributed by atoms with van der Waals surface area (Å²) >= 11 is 0. The van der Waals surface area contributed by atoms with Crippen molar-refractivity contribution in [2.75, 3.05) is 14.2 Å². The van der Waals surface area contributed by atoms with E-state index < -0.39 is 29.2 Å². The normalized spacial score (nSPS) is 12.1. The van der Waals surface area contributed by atoms with Crippen molar-refractivity contribution >= 4 is 5.97 Å². The Morgan fingerprint density at radius 1 is 1.38 bits per heavy atom. The Balaban J connectivity index is 3.26. The Hall–Kier alpha value is -1.69. The van der Waals surface area contributed by atoms with Crippen molar-refractivity contribution in [3.63, 3.8) is 0 Å². The molecule has 1 rings (SSSR count). The molecule has 0 radical (unpaired) electrons. The maximum absolute atomic E-state index is 13.6. The fourth-order valence-corrected chi connectivity index (χ4v) is 1.24. The summed E-state index contributed by atoms with van der Waals surface area (Å²) in [6.07, 6.45) is 0. The molecule has 1 atom stereocenters. The smallest absolute Gasteiger partial charge is 0.327 e. The lowest BCUT2D eigenvalue weighted by atomic mass is 10.1. The SMILES string of the molecule is COC(=O)[C@H](N)c1c(F)ccc(OC)c1F. The zero-order valence-electron chi connectivity index (χ0n) is 8.79. The third kappa shape index (κ3) is 2.11. The van der Waals surface area contributed by atoms with Crippen LogP contribution in [0.25, 0.3) is 0 Å². The molecule has 0 unspecified atom stereocenters. The number of carbonyl (C=O) groups excluding carboxylic acids is 1. The zero-order valence-corrected chi connectivity index (χ0v) is 8.79. The maximum atomic E-state index is 13.6. The summed E-state index contributed by atoms with van der Waals surface area (Å²) in [5, 5.41) is 0. The van der Waals surface area contributed by atoms with Crippen LogP contribution in [-0.4, -0.2) is 20.2 Å². The van der Waals surface area contributed by atoms with Crippen molar-refractivity contribution in [1.29, 1.82) is 0 Å². The quantitative estimate of drug-likeness (QED) is 0.792. The highest BCUT2D eigenvalue weighted by atomic mass is 19.1. The third-order valence-corrected chi connectivity index (χ3v) is 2.08. The van der Waals surface area contributed by atoms with Gasteiger partial charge in [-0.05, 0) is 12.1 Å². The van der Waals surface area contributed by atoms with Crippen LogP contribution in [0.1, 0.15) is 11.6 Å². The Morgan fingerprint density at radius 3 is 2.50 bits per heavy atom. The van der Waals surface area contributed by atoms with Gasteiger partial charge in [0.25, 0.3) is 0 Å². The first-order chi connectivity index (χ1) is 7.52. The predicted molar refractivity (Wildman–Crippen MR) is 51.9 cm³/mol. The van der Waals surface area contributed by atoms with E-state index in [1.54, 1.807) is 0 Å². The van der Waals surface area contributed by atoms with Crippen molar-refractivity contribution in [2.24, 2.45) is 5.73 Å². The van der Waals surface area contributed by atoms with Crippen LogP contribution < -0.4 is 10.5 Å². The summed E-state index contributed by atoms with van der Waals surface area (Å²) in [4.78, 5) is 11.1. The largest absolute Gasteiger partial charge is 0.494 e. The van der Waals surface area contributed by atoms with Crippen molar-refractivity contribution in [3.8, 4) is 5.75 Å². The molecule has 0 spiro atoms. The van der Waals surface area contributed by atoms with Crippen LogP contribution in [0.15, 0.2) is 12.1 Å². The second-order valence-electron chi connectivity index (χ2n) is 2.98. The number of ether oxygens (including phenoxy) is 2. The minimum Gasteiger partial charge on any atom is -0.494 e. The summed E-state index contributed by atoms with van der Waals surface area (Å²) in [6, 6.07) is 0.568. The van der Waals surface area contributed by atoms with Crippen molar-refractivity contribution in [3.05, 3.63) is 29.3 Å². The average Bonchev–Trinajstić information content (AvgIpc) is 2.28. The van der Waals surface area contributed by atoms with Gasteiger partial charge in [-0.2, -0.15) is 0 Å². The van der Waals surface area contributed by atoms with E-state index in [-0.39, 0.29) is 5.75 Å². The Labute approximate surface area is 91.0 Å². The monoisotopic (exact) mass is 231 g/mol. The molecular weight excluding hydrogens is 220 g/mol. The molecule has 0 bridgehead atoms. The van der Waals surface area contributed by atoms with Gasteiger partial charge in [-0.15, -0.1) is 0 Å². The number of carbonyl (C=O) groups is 1. The van der Waals surface area contributed by atoms with Crippen LogP contribution in [0.4, 0.5) is 8.78 Å². The van der Waals surface area contributed by atoms with Crippen molar-refractivity contribution < 1.29 is 23.0 Å². The molecule has 0 amide bonds. The van der Waals surface area contributed by atoms with E-state index in [0.717, 1.165) is 19.2 Å².